The van der Waals surface area contributed by atoms with Crippen molar-refractivity contribution >= 4 is 17.3 Å². The summed E-state index contributed by atoms with van der Waals surface area (Å²) in [7, 11) is 0. The molecule has 1 heterocycles. The Bertz CT molecular complexity index is 643. The second-order valence-corrected chi connectivity index (χ2v) is 5.40. The lowest BCUT2D eigenvalue weighted by atomic mass is 10.1. The van der Waals surface area contributed by atoms with Crippen molar-refractivity contribution < 1.29 is 9.47 Å². The monoisotopic (exact) mass is 303 g/mol. The second-order valence-electron chi connectivity index (χ2n) is 4.97. The molecular weight excluding hydrogens is 286 g/mol. The molecule has 0 bridgehead atoms. The van der Waals surface area contributed by atoms with E-state index in [9.17, 15) is 0 Å². The Morgan fingerprint density at radius 2 is 2.19 bits per heavy atom. The third-order valence-electron chi connectivity index (χ3n) is 3.45. The highest BCUT2D eigenvalue weighted by Gasteiger charge is 2.17. The van der Waals surface area contributed by atoms with Crippen LogP contribution in [0.1, 0.15) is 18.1 Å². The Morgan fingerprint density at radius 1 is 1.29 bits per heavy atom. The molecule has 21 heavy (non-hydrogen) atoms. The summed E-state index contributed by atoms with van der Waals surface area (Å²) in [6, 6.07) is 11.9. The number of hydrogen-bond acceptors (Lipinski definition) is 3. The van der Waals surface area contributed by atoms with E-state index in [4.69, 9.17) is 21.1 Å². The molecule has 0 amide bonds. The highest BCUT2D eigenvalue weighted by molar-refractivity contribution is 6.30. The quantitative estimate of drug-likeness (QED) is 0.894. The average molecular weight is 304 g/mol. The van der Waals surface area contributed by atoms with E-state index >= 15 is 0 Å². The van der Waals surface area contributed by atoms with Crippen molar-refractivity contribution in [2.45, 2.75) is 19.9 Å². The highest BCUT2D eigenvalue weighted by atomic mass is 35.5. The zero-order valence-corrected chi connectivity index (χ0v) is 12.7. The molecule has 110 valence electrons. The van der Waals surface area contributed by atoms with Crippen LogP contribution < -0.4 is 14.8 Å². The number of halogens is 1. The van der Waals surface area contributed by atoms with Crippen LogP contribution in [0.4, 0.5) is 5.69 Å². The van der Waals surface area contributed by atoms with Gasteiger partial charge >= 0.3 is 0 Å². The summed E-state index contributed by atoms with van der Waals surface area (Å²) in [5.74, 6) is 1.85. The lowest BCUT2D eigenvalue weighted by Gasteiger charge is -2.12. The molecule has 3 nitrogen and oxygen atoms in total. The number of fused-ring (bicyclic) bond motifs is 1. The van der Waals surface area contributed by atoms with Crippen molar-refractivity contribution in [3.8, 4) is 11.5 Å². The fraction of sp³-hybridized carbons (Fsp3) is 0.294. The lowest BCUT2D eigenvalue weighted by Crippen LogP contribution is -2.02. The maximum atomic E-state index is 6.17. The molecule has 1 N–H and O–H groups in total. The molecule has 1 aliphatic heterocycles. The third kappa shape index (κ3) is 3.24. The maximum Gasteiger partial charge on any atom is 0.127 e. The van der Waals surface area contributed by atoms with Crippen molar-refractivity contribution in [1.82, 2.24) is 0 Å². The predicted molar refractivity (Wildman–Crippen MR) is 85.6 cm³/mol. The molecule has 0 atom stereocenters. The average Bonchev–Trinajstić information content (AvgIpc) is 2.93. The van der Waals surface area contributed by atoms with Gasteiger partial charge in [-0.15, -0.1) is 0 Å². The van der Waals surface area contributed by atoms with Gasteiger partial charge in [0, 0.05) is 35.3 Å². The first-order valence-corrected chi connectivity index (χ1v) is 7.55. The first-order chi connectivity index (χ1) is 10.3. The summed E-state index contributed by atoms with van der Waals surface area (Å²) < 4.78 is 11.2. The van der Waals surface area contributed by atoms with Crippen LogP contribution in [0.5, 0.6) is 11.5 Å². The molecule has 1 aliphatic rings. The molecule has 0 aromatic heterocycles. The molecule has 0 saturated heterocycles. The van der Waals surface area contributed by atoms with E-state index in [-0.39, 0.29) is 0 Å². The Balaban J connectivity index is 1.75. The first kappa shape index (κ1) is 14.1. The maximum absolute atomic E-state index is 6.17. The van der Waals surface area contributed by atoms with Gasteiger partial charge in [0.15, 0.2) is 0 Å². The van der Waals surface area contributed by atoms with E-state index in [1.807, 2.05) is 43.3 Å². The third-order valence-corrected chi connectivity index (χ3v) is 3.67. The summed E-state index contributed by atoms with van der Waals surface area (Å²) in [6.07, 6.45) is 0.933. The number of benzene rings is 2. The van der Waals surface area contributed by atoms with Crippen LogP contribution >= 0.6 is 11.6 Å². The number of nitrogens with one attached hydrogen (secondary N) is 1. The molecule has 0 saturated carbocycles. The minimum atomic E-state index is 0.666. The van der Waals surface area contributed by atoms with Crippen LogP contribution in [-0.2, 0) is 13.0 Å². The van der Waals surface area contributed by atoms with Gasteiger partial charge in [0.25, 0.3) is 0 Å². The molecule has 0 radical (unpaired) electrons. The van der Waals surface area contributed by atoms with Gasteiger partial charge < -0.3 is 14.8 Å². The van der Waals surface area contributed by atoms with Crippen molar-refractivity contribution in [2.75, 3.05) is 18.5 Å². The highest BCUT2D eigenvalue weighted by Crippen LogP contribution is 2.33. The van der Waals surface area contributed by atoms with E-state index in [1.54, 1.807) is 0 Å². The van der Waals surface area contributed by atoms with Gasteiger partial charge in [-0.3, -0.25) is 0 Å². The van der Waals surface area contributed by atoms with Gasteiger partial charge in [-0.2, -0.15) is 0 Å². The summed E-state index contributed by atoms with van der Waals surface area (Å²) >= 11 is 6.17. The summed E-state index contributed by atoms with van der Waals surface area (Å²) in [4.78, 5) is 0. The van der Waals surface area contributed by atoms with Crippen LogP contribution in [0.15, 0.2) is 36.4 Å². The SMILES string of the molecule is CCOc1cccc(NCc2cc(Cl)cc3c2OCC3)c1. The van der Waals surface area contributed by atoms with Crippen molar-refractivity contribution in [3.05, 3.63) is 52.5 Å². The molecule has 4 heteroatoms. The smallest absolute Gasteiger partial charge is 0.127 e. The molecule has 0 unspecified atom stereocenters. The predicted octanol–water partition coefficient (Wildman–Crippen LogP) is 4.29. The topological polar surface area (TPSA) is 30.5 Å². The van der Waals surface area contributed by atoms with Crippen molar-refractivity contribution in [1.29, 1.82) is 0 Å². The van der Waals surface area contributed by atoms with Crippen molar-refractivity contribution in [3.63, 3.8) is 0 Å². The molecular formula is C17H18ClNO2. The number of rotatable bonds is 5. The van der Waals surface area contributed by atoms with Gasteiger partial charge in [-0.25, -0.2) is 0 Å². The second kappa shape index (κ2) is 6.27. The van der Waals surface area contributed by atoms with Crippen LogP contribution in [0.2, 0.25) is 5.02 Å². The van der Waals surface area contributed by atoms with Gasteiger partial charge in [-0.1, -0.05) is 17.7 Å². The molecule has 0 fully saturated rings. The molecule has 3 rings (SSSR count). The summed E-state index contributed by atoms with van der Waals surface area (Å²) in [5, 5.41) is 4.16. The van der Waals surface area contributed by atoms with E-state index < -0.39 is 0 Å². The molecule has 2 aromatic carbocycles. The van der Waals surface area contributed by atoms with Crippen LogP contribution in [0.25, 0.3) is 0 Å². The Labute approximate surface area is 129 Å². The van der Waals surface area contributed by atoms with Crippen LogP contribution in [0, 0.1) is 0 Å². The van der Waals surface area contributed by atoms with Crippen LogP contribution in [0.3, 0.4) is 0 Å². The Kier molecular flexibility index (Phi) is 4.20. The minimum Gasteiger partial charge on any atom is -0.494 e. The normalized spacial score (nSPS) is 12.7. The fourth-order valence-corrected chi connectivity index (χ4v) is 2.80. The number of anilines is 1. The fourth-order valence-electron chi connectivity index (χ4n) is 2.54. The largest absolute Gasteiger partial charge is 0.494 e. The van der Waals surface area contributed by atoms with E-state index in [2.05, 4.69) is 5.32 Å². The summed E-state index contributed by atoms with van der Waals surface area (Å²) in [5.41, 5.74) is 3.31. The first-order valence-electron chi connectivity index (χ1n) is 7.17. The van der Waals surface area contributed by atoms with Gasteiger partial charge in [0.05, 0.1) is 13.2 Å². The summed E-state index contributed by atoms with van der Waals surface area (Å²) in [6.45, 7) is 4.06. The zero-order chi connectivity index (χ0) is 14.7. The minimum absolute atomic E-state index is 0.666. The standard InChI is InChI=1S/C17H18ClNO2/c1-2-20-16-5-3-4-15(10-16)19-11-13-9-14(18)8-12-6-7-21-17(12)13/h3-5,8-10,19H,2,6-7,11H2,1H3. The molecule has 0 spiro atoms. The Hall–Kier alpha value is -1.87. The van der Waals surface area contributed by atoms with E-state index in [0.717, 1.165) is 40.8 Å². The number of hydrogen-bond donors (Lipinski definition) is 1. The van der Waals surface area contributed by atoms with Crippen molar-refractivity contribution in [2.24, 2.45) is 0 Å². The van der Waals surface area contributed by atoms with Gasteiger partial charge in [-0.05, 0) is 36.8 Å². The van der Waals surface area contributed by atoms with E-state index in [1.165, 1.54) is 5.56 Å². The van der Waals surface area contributed by atoms with Gasteiger partial charge in [0.1, 0.15) is 11.5 Å². The van der Waals surface area contributed by atoms with Crippen LogP contribution in [-0.4, -0.2) is 13.2 Å². The molecule has 2 aromatic rings. The van der Waals surface area contributed by atoms with Gasteiger partial charge in [0.2, 0.25) is 0 Å². The Morgan fingerprint density at radius 3 is 3.05 bits per heavy atom. The lowest BCUT2D eigenvalue weighted by molar-refractivity contribution is 0.340. The number of ether oxygens (including phenoxy) is 2. The molecule has 0 aliphatic carbocycles. The van der Waals surface area contributed by atoms with E-state index in [0.29, 0.717) is 13.2 Å². The zero-order valence-electron chi connectivity index (χ0n) is 12.0.